The molecule has 1 heterocycles. The van der Waals surface area contributed by atoms with Crippen LogP contribution in [0.25, 0.3) is 0 Å². The van der Waals surface area contributed by atoms with Crippen LogP contribution in [0.1, 0.15) is 55.8 Å². The summed E-state index contributed by atoms with van der Waals surface area (Å²) in [6.07, 6.45) is 6.12. The summed E-state index contributed by atoms with van der Waals surface area (Å²) in [7, 11) is -3.69. The minimum atomic E-state index is -3.69. The lowest BCUT2D eigenvalue weighted by molar-refractivity contribution is -0.120. The smallest absolute Gasteiger partial charge is 0.243 e. The Morgan fingerprint density at radius 3 is 2.27 bits per heavy atom. The van der Waals surface area contributed by atoms with Crippen LogP contribution < -0.4 is 5.32 Å². The SMILES string of the molecule is CC(=O)c1cccc(S(=O)(=O)N2CCC(C(=O)Nc3ccc(SC4CCCC4)cc3)CC2)c1. The summed E-state index contributed by atoms with van der Waals surface area (Å²) in [6.45, 7) is 1.97. The molecule has 176 valence electrons. The van der Waals surface area contributed by atoms with Crippen molar-refractivity contribution in [1.29, 1.82) is 0 Å². The number of nitrogens with one attached hydrogen (secondary N) is 1. The van der Waals surface area contributed by atoms with Crippen LogP contribution in [0.3, 0.4) is 0 Å². The van der Waals surface area contributed by atoms with E-state index < -0.39 is 10.0 Å². The minimum Gasteiger partial charge on any atom is -0.326 e. The average Bonchev–Trinajstić information content (AvgIpc) is 3.33. The first-order valence-electron chi connectivity index (χ1n) is 11.5. The fourth-order valence-electron chi connectivity index (χ4n) is 4.44. The minimum absolute atomic E-state index is 0.0678. The molecule has 2 aliphatic rings. The number of ketones is 1. The number of nitrogens with zero attached hydrogens (tertiary/aromatic N) is 1. The molecule has 8 heteroatoms. The molecule has 6 nitrogen and oxygen atoms in total. The molecule has 0 aromatic heterocycles. The van der Waals surface area contributed by atoms with Crippen molar-refractivity contribution in [3.8, 4) is 0 Å². The number of carbonyl (C=O) groups is 2. The fourth-order valence-corrected chi connectivity index (χ4v) is 7.21. The van der Waals surface area contributed by atoms with Gasteiger partial charge in [-0.15, -0.1) is 11.8 Å². The summed E-state index contributed by atoms with van der Waals surface area (Å²) >= 11 is 1.92. The number of hydrogen-bond acceptors (Lipinski definition) is 5. The highest BCUT2D eigenvalue weighted by atomic mass is 32.2. The standard InChI is InChI=1S/C25H30N2O4S2/c1-18(28)20-5-4-8-24(17-20)33(30,31)27-15-13-19(14-16-27)25(29)26-21-9-11-23(12-10-21)32-22-6-2-3-7-22/h4-5,8-12,17,19,22H,2-3,6-7,13-16H2,1H3,(H,26,29). The molecular formula is C25H30N2O4S2. The van der Waals surface area contributed by atoms with Crippen LogP contribution in [0.4, 0.5) is 5.69 Å². The molecule has 0 spiro atoms. The van der Waals surface area contributed by atoms with Crippen molar-refractivity contribution in [3.63, 3.8) is 0 Å². The summed E-state index contributed by atoms with van der Waals surface area (Å²) in [5.74, 6) is -0.470. The van der Waals surface area contributed by atoms with Gasteiger partial charge < -0.3 is 5.32 Å². The highest BCUT2D eigenvalue weighted by Gasteiger charge is 2.32. The van der Waals surface area contributed by atoms with Crippen LogP contribution in [0.5, 0.6) is 0 Å². The average molecular weight is 487 g/mol. The van der Waals surface area contributed by atoms with Crippen LogP contribution in [0.2, 0.25) is 0 Å². The first kappa shape index (κ1) is 24.0. The van der Waals surface area contributed by atoms with Gasteiger partial charge in [0.15, 0.2) is 5.78 Å². The molecule has 1 aliphatic heterocycles. The van der Waals surface area contributed by atoms with Gasteiger partial charge >= 0.3 is 0 Å². The van der Waals surface area contributed by atoms with Crippen LogP contribution in [-0.2, 0) is 14.8 Å². The van der Waals surface area contributed by atoms with Gasteiger partial charge in [-0.05, 0) is 69.0 Å². The molecule has 33 heavy (non-hydrogen) atoms. The third-order valence-electron chi connectivity index (χ3n) is 6.43. The fraction of sp³-hybridized carbons (Fsp3) is 0.440. The highest BCUT2D eigenvalue weighted by molar-refractivity contribution is 8.00. The van der Waals surface area contributed by atoms with Crippen LogP contribution in [0.15, 0.2) is 58.3 Å². The second-order valence-corrected chi connectivity index (χ2v) is 12.1. The monoisotopic (exact) mass is 486 g/mol. The molecular weight excluding hydrogens is 456 g/mol. The molecule has 2 fully saturated rings. The van der Waals surface area contributed by atoms with Gasteiger partial charge in [0, 0.05) is 40.4 Å². The van der Waals surface area contributed by atoms with E-state index in [2.05, 4.69) is 17.4 Å². The van der Waals surface area contributed by atoms with Crippen LogP contribution in [0, 0.1) is 5.92 Å². The van der Waals surface area contributed by atoms with Crippen LogP contribution >= 0.6 is 11.8 Å². The first-order valence-corrected chi connectivity index (χ1v) is 13.8. The predicted molar refractivity (Wildman–Crippen MR) is 131 cm³/mol. The maximum atomic E-state index is 13.0. The van der Waals surface area contributed by atoms with E-state index >= 15 is 0 Å². The van der Waals surface area contributed by atoms with Gasteiger partial charge in [0.2, 0.25) is 15.9 Å². The number of sulfonamides is 1. The quantitative estimate of drug-likeness (QED) is 0.559. The lowest BCUT2D eigenvalue weighted by Crippen LogP contribution is -2.41. The van der Waals surface area contributed by atoms with Crippen molar-refractivity contribution in [1.82, 2.24) is 4.31 Å². The predicted octanol–water partition coefficient (Wildman–Crippen LogP) is 4.96. The van der Waals surface area contributed by atoms with Crippen molar-refractivity contribution in [2.75, 3.05) is 18.4 Å². The molecule has 0 radical (unpaired) electrons. The summed E-state index contributed by atoms with van der Waals surface area (Å²) in [6, 6.07) is 14.1. The van der Waals surface area contributed by atoms with Gasteiger partial charge in [-0.25, -0.2) is 8.42 Å². The Hall–Kier alpha value is -2.16. The normalized spacial score (nSPS) is 18.3. The molecule has 2 aromatic carbocycles. The maximum Gasteiger partial charge on any atom is 0.243 e. The summed E-state index contributed by atoms with van der Waals surface area (Å²) in [5.41, 5.74) is 1.14. The van der Waals surface area contributed by atoms with Gasteiger partial charge in [0.25, 0.3) is 0 Å². The van der Waals surface area contributed by atoms with Gasteiger partial charge in [-0.3, -0.25) is 9.59 Å². The van der Waals surface area contributed by atoms with E-state index in [-0.39, 0.29) is 35.6 Å². The highest BCUT2D eigenvalue weighted by Crippen LogP contribution is 2.35. The summed E-state index contributed by atoms with van der Waals surface area (Å²) in [5, 5.41) is 3.69. The molecule has 1 N–H and O–H groups in total. The molecule has 0 bridgehead atoms. The van der Waals surface area contributed by atoms with E-state index in [9.17, 15) is 18.0 Å². The third kappa shape index (κ3) is 5.86. The Kier molecular flexibility index (Phi) is 7.56. The van der Waals surface area contributed by atoms with Crippen LogP contribution in [-0.4, -0.2) is 42.8 Å². The number of thioether (sulfide) groups is 1. The zero-order valence-electron chi connectivity index (χ0n) is 18.8. The topological polar surface area (TPSA) is 83.6 Å². The summed E-state index contributed by atoms with van der Waals surface area (Å²) < 4.78 is 27.4. The van der Waals surface area contributed by atoms with Crippen molar-refractivity contribution in [2.24, 2.45) is 5.92 Å². The largest absolute Gasteiger partial charge is 0.326 e. The van der Waals surface area contributed by atoms with E-state index in [0.717, 1.165) is 5.69 Å². The van der Waals surface area contributed by atoms with E-state index in [1.54, 1.807) is 12.1 Å². The Labute approximate surface area is 200 Å². The summed E-state index contributed by atoms with van der Waals surface area (Å²) in [4.78, 5) is 25.7. The molecule has 1 amide bonds. The van der Waals surface area contributed by atoms with Crippen molar-refractivity contribution in [3.05, 3.63) is 54.1 Å². The van der Waals surface area contributed by atoms with Crippen molar-refractivity contribution in [2.45, 2.75) is 60.5 Å². The second kappa shape index (κ2) is 10.4. The van der Waals surface area contributed by atoms with Gasteiger partial charge in [-0.1, -0.05) is 25.0 Å². The lowest BCUT2D eigenvalue weighted by Gasteiger charge is -2.30. The molecule has 4 rings (SSSR count). The first-order chi connectivity index (χ1) is 15.8. The molecule has 1 saturated heterocycles. The molecule has 0 atom stereocenters. The molecule has 2 aromatic rings. The zero-order valence-corrected chi connectivity index (χ0v) is 20.5. The van der Waals surface area contributed by atoms with Gasteiger partial charge in [0.05, 0.1) is 4.90 Å². The van der Waals surface area contributed by atoms with E-state index in [1.807, 2.05) is 23.9 Å². The van der Waals surface area contributed by atoms with E-state index in [1.165, 1.54) is 53.9 Å². The Bertz CT molecular complexity index is 1100. The number of hydrogen-bond donors (Lipinski definition) is 1. The number of Topliss-reactive ketones (excluding diaryl/α,β-unsaturated/α-hetero) is 1. The number of amides is 1. The number of carbonyl (C=O) groups excluding carboxylic acids is 2. The number of rotatable bonds is 7. The van der Waals surface area contributed by atoms with Gasteiger partial charge in [0.1, 0.15) is 0 Å². The Morgan fingerprint density at radius 2 is 1.64 bits per heavy atom. The molecule has 1 saturated carbocycles. The maximum absolute atomic E-state index is 13.0. The number of benzene rings is 2. The van der Waals surface area contributed by atoms with E-state index in [0.29, 0.717) is 23.7 Å². The number of anilines is 1. The lowest BCUT2D eigenvalue weighted by atomic mass is 9.97. The van der Waals surface area contributed by atoms with Crippen molar-refractivity contribution >= 4 is 39.2 Å². The second-order valence-electron chi connectivity index (χ2n) is 8.80. The van der Waals surface area contributed by atoms with E-state index in [4.69, 9.17) is 0 Å². The van der Waals surface area contributed by atoms with Crippen molar-refractivity contribution < 1.29 is 18.0 Å². The zero-order chi connectivity index (χ0) is 23.4. The third-order valence-corrected chi connectivity index (χ3v) is 9.67. The molecule has 0 unspecified atom stereocenters. The molecule has 1 aliphatic carbocycles. The Balaban J connectivity index is 1.31. The number of piperidine rings is 1. The Morgan fingerprint density at radius 1 is 0.970 bits per heavy atom. The van der Waals surface area contributed by atoms with Gasteiger partial charge in [-0.2, -0.15) is 4.31 Å².